The first kappa shape index (κ1) is 17.9. The number of ether oxygens (including phenoxy) is 2. The Morgan fingerprint density at radius 1 is 1.20 bits per heavy atom. The highest BCUT2D eigenvalue weighted by Gasteiger charge is 2.63. The zero-order chi connectivity index (χ0) is 18.6. The summed E-state index contributed by atoms with van der Waals surface area (Å²) in [6.07, 6.45) is 2.73. The van der Waals surface area contributed by atoms with E-state index in [4.69, 9.17) is 9.47 Å². The molecule has 5 heteroatoms. The monoisotopic (exact) mass is 348 g/mol. The van der Waals surface area contributed by atoms with Crippen molar-refractivity contribution in [1.29, 1.82) is 0 Å². The molecule has 1 aromatic carbocycles. The number of aromatic hydroxyl groups is 2. The number of rotatable bonds is 4. The van der Waals surface area contributed by atoms with Crippen molar-refractivity contribution in [2.45, 2.75) is 66.1 Å². The molecule has 2 N–H and O–H groups in total. The molecular formula is C20H28O5. The van der Waals surface area contributed by atoms with Crippen LogP contribution in [0.1, 0.15) is 64.2 Å². The first-order valence-electron chi connectivity index (χ1n) is 9.00. The molecule has 2 aliphatic carbocycles. The molecule has 0 aromatic heterocycles. The summed E-state index contributed by atoms with van der Waals surface area (Å²) in [5, 5.41) is 20.4. The second kappa shape index (κ2) is 5.82. The molecule has 5 nitrogen and oxygen atoms in total. The van der Waals surface area contributed by atoms with Gasteiger partial charge in [0.2, 0.25) is 0 Å². The quantitative estimate of drug-likeness (QED) is 0.795. The van der Waals surface area contributed by atoms with Gasteiger partial charge in [0.25, 0.3) is 0 Å². The molecule has 0 amide bonds. The maximum atomic E-state index is 12.6. The SMILES string of the molecule is CC(C)Oc1cc(O)c(C(=O)OC2CC3CCC2(C)C3(C)C)c(O)c1. The Morgan fingerprint density at radius 2 is 1.80 bits per heavy atom. The van der Waals surface area contributed by atoms with Crippen LogP contribution < -0.4 is 4.74 Å². The predicted octanol–water partition coefficient (Wildman–Crippen LogP) is 4.26. The summed E-state index contributed by atoms with van der Waals surface area (Å²) < 4.78 is 11.2. The summed E-state index contributed by atoms with van der Waals surface area (Å²) in [7, 11) is 0. The molecule has 3 unspecified atom stereocenters. The molecule has 0 heterocycles. The van der Waals surface area contributed by atoms with Crippen LogP contribution in [0.3, 0.4) is 0 Å². The zero-order valence-corrected chi connectivity index (χ0v) is 15.6. The van der Waals surface area contributed by atoms with Gasteiger partial charge in [-0.1, -0.05) is 20.8 Å². The molecule has 2 saturated carbocycles. The molecule has 25 heavy (non-hydrogen) atoms. The summed E-state index contributed by atoms with van der Waals surface area (Å²) in [4.78, 5) is 12.6. The smallest absolute Gasteiger partial charge is 0.346 e. The summed E-state index contributed by atoms with van der Waals surface area (Å²) in [6, 6.07) is 2.67. The van der Waals surface area contributed by atoms with Crippen molar-refractivity contribution >= 4 is 5.97 Å². The third-order valence-corrected chi connectivity index (χ3v) is 6.61. The lowest BCUT2D eigenvalue weighted by molar-refractivity contribution is -0.0246. The number of fused-ring (bicyclic) bond motifs is 2. The third-order valence-electron chi connectivity index (χ3n) is 6.61. The standard InChI is InChI=1S/C20H28O5/c1-11(2)24-13-9-14(21)17(15(22)10-13)18(23)25-16-8-12-6-7-20(16,5)19(12,3)4/h9-12,16,21-22H,6-8H2,1-5H3. The van der Waals surface area contributed by atoms with Gasteiger partial charge in [-0.05, 0) is 44.4 Å². The maximum Gasteiger partial charge on any atom is 0.346 e. The van der Waals surface area contributed by atoms with Crippen LogP contribution in [-0.2, 0) is 4.74 Å². The van der Waals surface area contributed by atoms with E-state index in [0.29, 0.717) is 11.7 Å². The number of phenolic OH excluding ortho intramolecular Hbond substituents is 2. The molecule has 2 fully saturated rings. The van der Waals surface area contributed by atoms with Crippen molar-refractivity contribution < 1.29 is 24.5 Å². The van der Waals surface area contributed by atoms with Crippen molar-refractivity contribution in [1.82, 2.24) is 0 Å². The van der Waals surface area contributed by atoms with E-state index in [0.717, 1.165) is 19.3 Å². The fraction of sp³-hybridized carbons (Fsp3) is 0.650. The highest BCUT2D eigenvalue weighted by molar-refractivity contribution is 5.95. The van der Waals surface area contributed by atoms with Gasteiger partial charge in [-0.2, -0.15) is 0 Å². The molecule has 0 aliphatic heterocycles. The summed E-state index contributed by atoms with van der Waals surface area (Å²) in [5.74, 6) is -0.476. The number of benzene rings is 1. The number of phenols is 2. The second-order valence-electron chi connectivity index (χ2n) is 8.51. The highest BCUT2D eigenvalue weighted by atomic mass is 16.5. The van der Waals surface area contributed by atoms with Crippen LogP contribution in [0.2, 0.25) is 0 Å². The van der Waals surface area contributed by atoms with Gasteiger partial charge in [-0.25, -0.2) is 4.79 Å². The van der Waals surface area contributed by atoms with E-state index >= 15 is 0 Å². The average molecular weight is 348 g/mol. The Morgan fingerprint density at radius 3 is 2.24 bits per heavy atom. The van der Waals surface area contributed by atoms with Crippen LogP contribution in [-0.4, -0.2) is 28.4 Å². The van der Waals surface area contributed by atoms with Gasteiger partial charge in [-0.3, -0.25) is 0 Å². The van der Waals surface area contributed by atoms with Crippen LogP contribution in [0.15, 0.2) is 12.1 Å². The topological polar surface area (TPSA) is 76.0 Å². The lowest BCUT2D eigenvalue weighted by atomic mass is 9.70. The Kier molecular flexibility index (Phi) is 4.17. The first-order valence-corrected chi connectivity index (χ1v) is 9.00. The first-order chi connectivity index (χ1) is 11.6. The van der Waals surface area contributed by atoms with Crippen molar-refractivity contribution in [2.24, 2.45) is 16.7 Å². The van der Waals surface area contributed by atoms with Gasteiger partial charge in [-0.15, -0.1) is 0 Å². The molecule has 3 atom stereocenters. The average Bonchev–Trinajstić information content (AvgIpc) is 2.79. The van der Waals surface area contributed by atoms with Crippen molar-refractivity contribution in [3.05, 3.63) is 17.7 Å². The molecule has 0 spiro atoms. The fourth-order valence-electron chi connectivity index (χ4n) is 4.63. The fourth-order valence-corrected chi connectivity index (χ4v) is 4.63. The summed E-state index contributed by atoms with van der Waals surface area (Å²) >= 11 is 0. The van der Waals surface area contributed by atoms with E-state index in [2.05, 4.69) is 20.8 Å². The third kappa shape index (κ3) is 2.74. The van der Waals surface area contributed by atoms with Gasteiger partial charge < -0.3 is 19.7 Å². The Labute approximate surface area is 149 Å². The van der Waals surface area contributed by atoms with Crippen molar-refractivity contribution in [2.75, 3.05) is 0 Å². The van der Waals surface area contributed by atoms with Crippen LogP contribution >= 0.6 is 0 Å². The lowest BCUT2D eigenvalue weighted by Crippen LogP contribution is -2.38. The van der Waals surface area contributed by atoms with Gasteiger partial charge in [0.1, 0.15) is 28.9 Å². The molecule has 0 saturated heterocycles. The minimum atomic E-state index is -0.680. The molecule has 2 aliphatic rings. The molecule has 2 bridgehead atoms. The lowest BCUT2D eigenvalue weighted by Gasteiger charge is -2.38. The number of hydrogen-bond donors (Lipinski definition) is 2. The summed E-state index contributed by atoms with van der Waals surface area (Å²) in [5.41, 5.74) is -0.142. The Balaban J connectivity index is 1.81. The van der Waals surface area contributed by atoms with Crippen LogP contribution in [0, 0.1) is 16.7 Å². The number of esters is 1. The minimum Gasteiger partial charge on any atom is -0.507 e. The maximum absolute atomic E-state index is 12.6. The van der Waals surface area contributed by atoms with Gasteiger partial charge >= 0.3 is 5.97 Å². The minimum absolute atomic E-state index is 0.0702. The van der Waals surface area contributed by atoms with E-state index < -0.39 is 5.97 Å². The molecule has 3 rings (SSSR count). The molecule has 138 valence electrons. The van der Waals surface area contributed by atoms with E-state index in [-0.39, 0.29) is 40.1 Å². The zero-order valence-electron chi connectivity index (χ0n) is 15.6. The van der Waals surface area contributed by atoms with Crippen LogP contribution in [0.5, 0.6) is 17.2 Å². The largest absolute Gasteiger partial charge is 0.507 e. The Bertz CT molecular complexity index is 670. The van der Waals surface area contributed by atoms with Gasteiger partial charge in [0.15, 0.2) is 0 Å². The summed E-state index contributed by atoms with van der Waals surface area (Å²) in [6.45, 7) is 10.3. The number of carbonyl (C=O) groups excluding carboxylic acids is 1. The molecular weight excluding hydrogens is 320 g/mol. The highest BCUT2D eigenvalue weighted by Crippen LogP contribution is 2.66. The number of carbonyl (C=O) groups is 1. The van der Waals surface area contributed by atoms with E-state index in [9.17, 15) is 15.0 Å². The van der Waals surface area contributed by atoms with E-state index in [1.807, 2.05) is 13.8 Å². The van der Waals surface area contributed by atoms with E-state index in [1.165, 1.54) is 12.1 Å². The van der Waals surface area contributed by atoms with Gasteiger partial charge in [0.05, 0.1) is 6.10 Å². The normalized spacial score (nSPS) is 29.8. The second-order valence-corrected chi connectivity index (χ2v) is 8.51. The van der Waals surface area contributed by atoms with Crippen LogP contribution in [0.4, 0.5) is 0 Å². The van der Waals surface area contributed by atoms with Gasteiger partial charge in [0, 0.05) is 17.5 Å². The van der Waals surface area contributed by atoms with Crippen LogP contribution in [0.25, 0.3) is 0 Å². The predicted molar refractivity (Wildman–Crippen MR) is 94.0 cm³/mol. The van der Waals surface area contributed by atoms with E-state index in [1.54, 1.807) is 0 Å². The molecule has 1 aromatic rings. The molecule has 0 radical (unpaired) electrons. The van der Waals surface area contributed by atoms with Crippen molar-refractivity contribution in [3.8, 4) is 17.2 Å². The van der Waals surface area contributed by atoms with Crippen molar-refractivity contribution in [3.63, 3.8) is 0 Å². The Hall–Kier alpha value is -1.91. The number of hydrogen-bond acceptors (Lipinski definition) is 5.